The molecule has 3 fully saturated rings. The predicted molar refractivity (Wildman–Crippen MR) is 200 cm³/mol. The third kappa shape index (κ3) is 10.4. The molecule has 9 atom stereocenters. The SMILES string of the molecule is CC(C)C[C@@H]1NC(=O)[C@@H]2CCC[C@H]2NC(=O)[C@H](C)NC(=O)C2C[C@@H](NC(=O)c3ccncc3)CN2C(=O)[C@H](Cc2ccccc2)NC(=O)[C@H]([C@@H](C)O)NC1=O. The van der Waals surface area contributed by atoms with Gasteiger partial charge in [0.2, 0.25) is 35.4 Å². The normalized spacial score (nSPS) is 28.9. The maximum atomic E-state index is 14.6. The number of pyridine rings is 1. The second-order valence-electron chi connectivity index (χ2n) is 15.2. The van der Waals surface area contributed by atoms with Crippen LogP contribution in [0.3, 0.4) is 0 Å². The Kier molecular flexibility index (Phi) is 13.6. The summed E-state index contributed by atoms with van der Waals surface area (Å²) in [5.41, 5.74) is 1.00. The minimum Gasteiger partial charge on any atom is -0.391 e. The number of hydrogen-bond donors (Lipinski definition) is 7. The average Bonchev–Trinajstić information content (AvgIpc) is 3.80. The molecule has 3 heterocycles. The van der Waals surface area contributed by atoms with Gasteiger partial charge in [0.1, 0.15) is 30.2 Å². The summed E-state index contributed by atoms with van der Waals surface area (Å²) in [6.45, 7) is 6.48. The lowest BCUT2D eigenvalue weighted by Gasteiger charge is -2.31. The van der Waals surface area contributed by atoms with Crippen molar-refractivity contribution in [2.24, 2.45) is 11.8 Å². The lowest BCUT2D eigenvalue weighted by molar-refractivity contribution is -0.143. The molecule has 2 aromatic rings. The molecule has 2 saturated heterocycles. The van der Waals surface area contributed by atoms with Crippen molar-refractivity contribution in [1.29, 1.82) is 0 Å². The van der Waals surface area contributed by atoms with Crippen LogP contribution in [0.5, 0.6) is 0 Å². The van der Waals surface area contributed by atoms with E-state index in [-0.39, 0.29) is 31.7 Å². The summed E-state index contributed by atoms with van der Waals surface area (Å²) in [6.07, 6.45) is 3.35. The average molecular weight is 761 g/mol. The van der Waals surface area contributed by atoms with Crippen molar-refractivity contribution in [2.45, 2.75) is 115 Å². The van der Waals surface area contributed by atoms with Crippen molar-refractivity contribution in [3.63, 3.8) is 0 Å². The molecular weight excluding hydrogens is 708 g/mol. The van der Waals surface area contributed by atoms with Crippen LogP contribution in [-0.4, -0.2) is 111 Å². The van der Waals surface area contributed by atoms with E-state index in [1.54, 1.807) is 30.3 Å². The number of benzene rings is 1. The van der Waals surface area contributed by atoms with Crippen LogP contribution < -0.4 is 31.9 Å². The topological polar surface area (TPSA) is 228 Å². The monoisotopic (exact) mass is 760 g/mol. The molecule has 0 spiro atoms. The van der Waals surface area contributed by atoms with Crippen LogP contribution in [0.25, 0.3) is 0 Å². The standard InChI is InChI=1S/C39H52N8O8/c1-21(2)17-29-36(52)46-32(23(4)48)38(54)45-30(18-24-9-6-5-7-10-24)39(55)47-20-26(42-34(50)25-13-15-40-16-14-25)19-31(47)37(53)41-22(3)33(49)43-28-12-8-11-27(28)35(51)44-29/h5-7,9-10,13-16,21-23,26-32,48H,8,11-12,17-20H2,1-4H3,(H,41,53)(H,42,50)(H,43,49)(H,44,51)(H,45,54)(H,46,52)/t22-,23+,26+,27+,28+,29-,30-,31?,32-/m0/s1. The van der Waals surface area contributed by atoms with Crippen molar-refractivity contribution in [3.8, 4) is 0 Å². The van der Waals surface area contributed by atoms with Gasteiger partial charge in [-0.05, 0) is 63.1 Å². The fraction of sp³-hybridized carbons (Fsp3) is 0.538. The van der Waals surface area contributed by atoms with E-state index in [1.807, 2.05) is 13.8 Å². The smallest absolute Gasteiger partial charge is 0.251 e. The van der Waals surface area contributed by atoms with Gasteiger partial charge in [-0.3, -0.25) is 38.5 Å². The van der Waals surface area contributed by atoms with Gasteiger partial charge in [-0.2, -0.15) is 0 Å². The molecule has 16 nitrogen and oxygen atoms in total. The Morgan fingerprint density at radius 3 is 2.20 bits per heavy atom. The summed E-state index contributed by atoms with van der Waals surface area (Å²) in [4.78, 5) is 102. The van der Waals surface area contributed by atoms with Gasteiger partial charge in [-0.25, -0.2) is 0 Å². The number of nitrogens with zero attached hydrogens (tertiary/aromatic N) is 2. The van der Waals surface area contributed by atoms with Gasteiger partial charge in [-0.15, -0.1) is 0 Å². The molecule has 1 aromatic heterocycles. The van der Waals surface area contributed by atoms with Crippen LogP contribution >= 0.6 is 0 Å². The van der Waals surface area contributed by atoms with E-state index < -0.39 is 95.7 Å². The van der Waals surface area contributed by atoms with E-state index in [0.29, 0.717) is 30.4 Å². The Hall–Kier alpha value is -5.38. The number of nitrogens with one attached hydrogen (secondary N) is 6. The molecule has 1 unspecified atom stereocenters. The molecule has 55 heavy (non-hydrogen) atoms. The number of aromatic nitrogens is 1. The molecule has 1 aliphatic carbocycles. The highest BCUT2D eigenvalue weighted by Gasteiger charge is 2.44. The zero-order valence-corrected chi connectivity index (χ0v) is 31.6. The Labute approximate surface area is 320 Å². The van der Waals surface area contributed by atoms with E-state index in [2.05, 4.69) is 36.9 Å². The molecule has 5 rings (SSSR count). The first-order valence-corrected chi connectivity index (χ1v) is 19.0. The Bertz CT molecular complexity index is 1720. The van der Waals surface area contributed by atoms with Gasteiger partial charge in [0, 0.05) is 43.0 Å². The zero-order chi connectivity index (χ0) is 39.8. The molecule has 16 heteroatoms. The summed E-state index contributed by atoms with van der Waals surface area (Å²) >= 11 is 0. The summed E-state index contributed by atoms with van der Waals surface area (Å²) in [7, 11) is 0. The molecule has 296 valence electrons. The number of rotatable bonds is 7. The molecule has 7 N–H and O–H groups in total. The molecule has 0 radical (unpaired) electrons. The van der Waals surface area contributed by atoms with Crippen LogP contribution in [0.2, 0.25) is 0 Å². The lowest BCUT2D eigenvalue weighted by Crippen LogP contribution is -2.61. The van der Waals surface area contributed by atoms with E-state index in [9.17, 15) is 38.7 Å². The van der Waals surface area contributed by atoms with Crippen LogP contribution in [-0.2, 0) is 35.2 Å². The van der Waals surface area contributed by atoms with Gasteiger partial charge < -0.3 is 41.9 Å². The predicted octanol–water partition coefficient (Wildman–Crippen LogP) is -0.292. The van der Waals surface area contributed by atoms with Gasteiger partial charge in [0.25, 0.3) is 5.91 Å². The third-order valence-corrected chi connectivity index (χ3v) is 10.4. The molecule has 7 amide bonds. The Morgan fingerprint density at radius 2 is 1.53 bits per heavy atom. The van der Waals surface area contributed by atoms with Gasteiger partial charge >= 0.3 is 0 Å². The first-order chi connectivity index (χ1) is 26.2. The number of aliphatic hydroxyl groups is 1. The highest BCUT2D eigenvalue weighted by Crippen LogP contribution is 2.27. The summed E-state index contributed by atoms with van der Waals surface area (Å²) in [5, 5.41) is 27.4. The quantitative estimate of drug-likeness (QED) is 0.197. The number of aliphatic hydroxyl groups excluding tert-OH is 1. The molecule has 1 saturated carbocycles. The second kappa shape index (κ2) is 18.3. The van der Waals surface area contributed by atoms with Crippen molar-refractivity contribution in [3.05, 3.63) is 66.0 Å². The summed E-state index contributed by atoms with van der Waals surface area (Å²) < 4.78 is 0. The molecule has 1 aromatic carbocycles. The van der Waals surface area contributed by atoms with Crippen LogP contribution in [0.1, 0.15) is 75.7 Å². The van der Waals surface area contributed by atoms with Crippen molar-refractivity contribution in [2.75, 3.05) is 6.54 Å². The first kappa shape index (κ1) is 40.8. The maximum absolute atomic E-state index is 14.6. The highest BCUT2D eigenvalue weighted by molar-refractivity contribution is 5.98. The fourth-order valence-corrected chi connectivity index (χ4v) is 7.49. The molecule has 0 bridgehead atoms. The van der Waals surface area contributed by atoms with E-state index >= 15 is 0 Å². The van der Waals surface area contributed by atoms with Crippen LogP contribution in [0.15, 0.2) is 54.9 Å². The Balaban J connectivity index is 1.51. The van der Waals surface area contributed by atoms with Crippen molar-refractivity contribution in [1.82, 2.24) is 41.8 Å². The number of hydrogen-bond acceptors (Lipinski definition) is 9. The van der Waals surface area contributed by atoms with E-state index in [1.165, 1.54) is 43.3 Å². The number of fused-ring (bicyclic) bond motifs is 2. The third-order valence-electron chi connectivity index (χ3n) is 10.4. The lowest BCUT2D eigenvalue weighted by atomic mass is 9.98. The van der Waals surface area contributed by atoms with E-state index in [4.69, 9.17) is 0 Å². The van der Waals surface area contributed by atoms with Gasteiger partial charge in [0.15, 0.2) is 0 Å². The zero-order valence-electron chi connectivity index (χ0n) is 31.6. The Morgan fingerprint density at radius 1 is 0.836 bits per heavy atom. The number of amides is 7. The summed E-state index contributed by atoms with van der Waals surface area (Å²) in [6, 6.07) is 4.59. The number of carbonyl (C=O) groups excluding carboxylic acids is 7. The molecule has 3 aliphatic rings. The highest BCUT2D eigenvalue weighted by atomic mass is 16.3. The second-order valence-corrected chi connectivity index (χ2v) is 15.2. The molecular formula is C39H52N8O8. The number of carbonyl (C=O) groups is 7. The maximum Gasteiger partial charge on any atom is 0.251 e. The minimum atomic E-state index is -1.52. The van der Waals surface area contributed by atoms with E-state index in [0.717, 1.165) is 0 Å². The van der Waals surface area contributed by atoms with Crippen LogP contribution in [0.4, 0.5) is 0 Å². The first-order valence-electron chi connectivity index (χ1n) is 19.0. The minimum absolute atomic E-state index is 0.00318. The van der Waals surface area contributed by atoms with Crippen molar-refractivity contribution >= 4 is 41.4 Å². The fourth-order valence-electron chi connectivity index (χ4n) is 7.49. The van der Waals surface area contributed by atoms with Crippen molar-refractivity contribution < 1.29 is 38.7 Å². The summed E-state index contributed by atoms with van der Waals surface area (Å²) in [5.74, 6) is -4.95. The molecule has 2 aliphatic heterocycles. The van der Waals surface area contributed by atoms with Crippen LogP contribution in [0, 0.1) is 11.8 Å². The van der Waals surface area contributed by atoms with Gasteiger partial charge in [0.05, 0.1) is 12.0 Å². The largest absolute Gasteiger partial charge is 0.391 e. The van der Waals surface area contributed by atoms with Gasteiger partial charge in [-0.1, -0.05) is 50.6 Å².